The Morgan fingerprint density at radius 2 is 0.786 bits per heavy atom. The van der Waals surface area contributed by atoms with Crippen molar-refractivity contribution in [2.75, 3.05) is 0 Å². The summed E-state index contributed by atoms with van der Waals surface area (Å²) in [6.07, 6.45) is 0. The molecule has 4 aromatic carbocycles. The zero-order chi connectivity index (χ0) is 18.5. The van der Waals surface area contributed by atoms with Gasteiger partial charge in [0.2, 0.25) is 0 Å². The van der Waals surface area contributed by atoms with Gasteiger partial charge in [0.15, 0.2) is 0 Å². The number of benzene rings is 4. The zero-order valence-electron chi connectivity index (χ0n) is 15.2. The Morgan fingerprint density at radius 3 is 1.21 bits per heavy atom. The highest BCUT2D eigenvalue weighted by Crippen LogP contribution is 2.38. The molecule has 0 amide bonds. The molecule has 0 aliphatic carbocycles. The van der Waals surface area contributed by atoms with Crippen molar-refractivity contribution in [3.63, 3.8) is 0 Å². The Hall–Kier alpha value is -3.78. The maximum absolute atomic E-state index is 3.68. The molecule has 2 heteroatoms. The van der Waals surface area contributed by atoms with Crippen LogP contribution in [0.25, 0.3) is 55.1 Å². The molecule has 132 valence electrons. The van der Waals surface area contributed by atoms with Gasteiger partial charge >= 0.3 is 0 Å². The normalized spacial score (nSPS) is 11.6. The fraction of sp³-hybridized carbons (Fsp3) is 0. The van der Waals surface area contributed by atoms with E-state index in [2.05, 4.69) is 107 Å². The number of hydrogen-bond donors (Lipinski definition) is 2. The van der Waals surface area contributed by atoms with E-state index in [-0.39, 0.29) is 0 Å². The van der Waals surface area contributed by atoms with E-state index in [0.717, 1.165) is 11.4 Å². The third-order valence-electron chi connectivity index (χ3n) is 5.56. The maximum Gasteiger partial charge on any atom is 0.0546 e. The van der Waals surface area contributed by atoms with Gasteiger partial charge in [-0.1, -0.05) is 84.9 Å². The van der Waals surface area contributed by atoms with Gasteiger partial charge in [-0.3, -0.25) is 0 Å². The lowest BCUT2D eigenvalue weighted by molar-refractivity contribution is 1.46. The van der Waals surface area contributed by atoms with Gasteiger partial charge in [-0.25, -0.2) is 0 Å². The van der Waals surface area contributed by atoms with E-state index in [4.69, 9.17) is 0 Å². The molecule has 6 rings (SSSR count). The molecule has 2 N–H and O–H groups in total. The molecule has 0 unspecified atom stereocenters. The van der Waals surface area contributed by atoms with E-state index in [1.54, 1.807) is 0 Å². The predicted molar refractivity (Wildman–Crippen MR) is 119 cm³/mol. The van der Waals surface area contributed by atoms with Crippen molar-refractivity contribution in [3.05, 3.63) is 97.1 Å². The Balaban J connectivity index is 1.73. The third kappa shape index (κ3) is 2.21. The largest absolute Gasteiger partial charge is 0.354 e. The number of aromatic nitrogens is 2. The first-order chi connectivity index (χ1) is 13.9. The Bertz CT molecular complexity index is 1330. The van der Waals surface area contributed by atoms with Crippen molar-refractivity contribution < 1.29 is 0 Å². The van der Waals surface area contributed by atoms with Gasteiger partial charge in [0.25, 0.3) is 0 Å². The van der Waals surface area contributed by atoms with E-state index in [0.29, 0.717) is 0 Å². The van der Waals surface area contributed by atoms with Crippen molar-refractivity contribution in [1.82, 2.24) is 9.97 Å². The van der Waals surface area contributed by atoms with Crippen LogP contribution in [-0.2, 0) is 0 Å². The quantitative estimate of drug-likeness (QED) is 0.330. The van der Waals surface area contributed by atoms with Gasteiger partial charge in [-0.2, -0.15) is 0 Å². The highest BCUT2D eigenvalue weighted by Gasteiger charge is 2.15. The summed E-state index contributed by atoms with van der Waals surface area (Å²) < 4.78 is 0. The second kappa shape index (κ2) is 5.86. The molecule has 0 atom stereocenters. The monoisotopic (exact) mass is 358 g/mol. The highest BCUT2D eigenvalue weighted by molar-refractivity contribution is 6.25. The third-order valence-corrected chi connectivity index (χ3v) is 5.56. The van der Waals surface area contributed by atoms with Gasteiger partial charge in [0.05, 0.1) is 11.0 Å². The number of hydrogen-bond acceptors (Lipinski definition) is 0. The summed E-state index contributed by atoms with van der Waals surface area (Å²) in [5, 5.41) is 5.00. The summed E-state index contributed by atoms with van der Waals surface area (Å²) in [6.45, 7) is 0. The molecule has 0 aliphatic heterocycles. The molecule has 2 nitrogen and oxygen atoms in total. The molecule has 0 saturated heterocycles. The zero-order valence-corrected chi connectivity index (χ0v) is 15.2. The number of aromatic amines is 2. The van der Waals surface area contributed by atoms with Crippen LogP contribution in [0.4, 0.5) is 0 Å². The van der Waals surface area contributed by atoms with E-state index < -0.39 is 0 Å². The average Bonchev–Trinajstić information content (AvgIpc) is 3.40. The van der Waals surface area contributed by atoms with Crippen LogP contribution in [0.3, 0.4) is 0 Å². The van der Waals surface area contributed by atoms with Crippen molar-refractivity contribution in [2.24, 2.45) is 0 Å². The smallest absolute Gasteiger partial charge is 0.0546 e. The molecule has 6 aromatic rings. The molecule has 28 heavy (non-hydrogen) atoms. The fourth-order valence-electron chi connectivity index (χ4n) is 4.22. The van der Waals surface area contributed by atoms with Crippen molar-refractivity contribution in [2.45, 2.75) is 0 Å². The molecule has 2 heterocycles. The standard InChI is InChI=1S/C26H18N2/c1-3-9-17(10-4-1)23-15-21-22-16-24(18-11-5-2-6-12-18)28-26(22)20-14-8-7-13-19(20)25(21)27-23/h1-16,27-28H. The molecule has 0 aliphatic rings. The van der Waals surface area contributed by atoms with Crippen LogP contribution in [0.1, 0.15) is 0 Å². The SMILES string of the molecule is c1ccc(-c2cc3c4cc(-c5ccccc5)[nH]c4c4ccccc4c3[nH]2)cc1. The first-order valence-electron chi connectivity index (χ1n) is 9.55. The van der Waals surface area contributed by atoms with Crippen LogP contribution in [0, 0.1) is 0 Å². The summed E-state index contributed by atoms with van der Waals surface area (Å²) in [5.74, 6) is 0. The molecule has 0 spiro atoms. The van der Waals surface area contributed by atoms with E-state index in [1.165, 1.54) is 43.7 Å². The predicted octanol–water partition coefficient (Wildman–Crippen LogP) is 7.14. The van der Waals surface area contributed by atoms with Crippen LogP contribution in [0.5, 0.6) is 0 Å². The van der Waals surface area contributed by atoms with E-state index in [9.17, 15) is 0 Å². The second-order valence-corrected chi connectivity index (χ2v) is 7.22. The van der Waals surface area contributed by atoms with Gasteiger partial charge in [-0.15, -0.1) is 0 Å². The minimum Gasteiger partial charge on any atom is -0.354 e. The summed E-state index contributed by atoms with van der Waals surface area (Å²) in [6, 6.07) is 34.2. The Morgan fingerprint density at radius 1 is 0.393 bits per heavy atom. The highest BCUT2D eigenvalue weighted by atomic mass is 14.7. The van der Waals surface area contributed by atoms with Crippen LogP contribution in [0.2, 0.25) is 0 Å². The summed E-state index contributed by atoms with van der Waals surface area (Å²) >= 11 is 0. The van der Waals surface area contributed by atoms with E-state index in [1.807, 2.05) is 0 Å². The average molecular weight is 358 g/mol. The van der Waals surface area contributed by atoms with Gasteiger partial charge in [-0.05, 0) is 23.3 Å². The molecule has 0 bridgehead atoms. The summed E-state index contributed by atoms with van der Waals surface area (Å²) in [5.41, 5.74) is 7.09. The molecule has 2 aromatic heterocycles. The van der Waals surface area contributed by atoms with Crippen molar-refractivity contribution in [3.8, 4) is 22.5 Å². The maximum atomic E-state index is 3.68. The number of H-pyrrole nitrogens is 2. The van der Waals surface area contributed by atoms with Crippen molar-refractivity contribution in [1.29, 1.82) is 0 Å². The van der Waals surface area contributed by atoms with Crippen molar-refractivity contribution >= 4 is 32.6 Å². The van der Waals surface area contributed by atoms with Crippen LogP contribution >= 0.6 is 0 Å². The fourth-order valence-corrected chi connectivity index (χ4v) is 4.22. The number of rotatable bonds is 2. The molecule has 0 radical (unpaired) electrons. The second-order valence-electron chi connectivity index (χ2n) is 7.22. The Kier molecular flexibility index (Phi) is 3.20. The Labute approximate surface area is 162 Å². The van der Waals surface area contributed by atoms with Crippen LogP contribution in [-0.4, -0.2) is 9.97 Å². The lowest BCUT2D eigenvalue weighted by atomic mass is 10.0. The molecular weight excluding hydrogens is 340 g/mol. The molecular formula is C26H18N2. The van der Waals surface area contributed by atoms with Crippen LogP contribution < -0.4 is 0 Å². The van der Waals surface area contributed by atoms with Crippen LogP contribution in [0.15, 0.2) is 97.1 Å². The summed E-state index contributed by atoms with van der Waals surface area (Å²) in [4.78, 5) is 7.36. The first-order valence-corrected chi connectivity index (χ1v) is 9.55. The minimum atomic E-state index is 1.15. The van der Waals surface area contributed by atoms with Gasteiger partial charge < -0.3 is 9.97 Å². The lowest BCUT2D eigenvalue weighted by Crippen LogP contribution is -1.80. The molecule has 0 saturated carbocycles. The topological polar surface area (TPSA) is 31.6 Å². The first kappa shape index (κ1) is 15.3. The number of fused-ring (bicyclic) bond motifs is 6. The number of nitrogens with one attached hydrogen (secondary N) is 2. The summed E-state index contributed by atoms with van der Waals surface area (Å²) in [7, 11) is 0. The molecule has 0 fully saturated rings. The van der Waals surface area contributed by atoms with Gasteiger partial charge in [0, 0.05) is 32.9 Å². The minimum absolute atomic E-state index is 1.15. The lowest BCUT2D eigenvalue weighted by Gasteiger charge is -2.02. The van der Waals surface area contributed by atoms with E-state index >= 15 is 0 Å². The van der Waals surface area contributed by atoms with Gasteiger partial charge in [0.1, 0.15) is 0 Å².